The van der Waals surface area contributed by atoms with Crippen LogP contribution in [0.25, 0.3) is 5.69 Å². The second-order valence-corrected chi connectivity index (χ2v) is 6.48. The summed E-state index contributed by atoms with van der Waals surface area (Å²) in [6.45, 7) is 2.06. The van der Waals surface area contributed by atoms with E-state index in [2.05, 4.69) is 62.6 Å². The highest BCUT2D eigenvalue weighted by atomic mass is 79.9. The first-order valence-electron chi connectivity index (χ1n) is 6.45. The lowest BCUT2D eigenvalue weighted by Gasteiger charge is -2.05. The smallest absolute Gasteiger partial charge is 0.188 e. The lowest BCUT2D eigenvalue weighted by Crippen LogP contribution is -1.99. The van der Waals surface area contributed by atoms with Gasteiger partial charge in [0.2, 0.25) is 5.16 Å². The Morgan fingerprint density at radius 1 is 1.05 bits per heavy atom. The van der Waals surface area contributed by atoms with Gasteiger partial charge in [-0.15, -0.1) is 5.10 Å². The zero-order valence-electron chi connectivity index (χ0n) is 11.4. The minimum atomic E-state index is 0.793. The lowest BCUT2D eigenvalue weighted by atomic mass is 10.2. The Balaban J connectivity index is 1.76. The molecule has 0 unspecified atom stereocenters. The number of nitrogens with zero attached hydrogens (tertiary/aromatic N) is 4. The van der Waals surface area contributed by atoms with Crippen molar-refractivity contribution in [2.45, 2.75) is 17.8 Å². The number of tetrazole rings is 1. The standard InChI is InChI=1S/C15H13BrN4S/c1-11-2-8-14(9-3-11)20-15(17-18-19-20)21-10-12-4-6-13(16)7-5-12/h2-9H,10H2,1H3. The van der Waals surface area contributed by atoms with Crippen LogP contribution in [-0.4, -0.2) is 20.2 Å². The number of rotatable bonds is 4. The Morgan fingerprint density at radius 3 is 2.48 bits per heavy atom. The highest BCUT2D eigenvalue weighted by Crippen LogP contribution is 2.23. The van der Waals surface area contributed by atoms with Crippen LogP contribution < -0.4 is 0 Å². The van der Waals surface area contributed by atoms with Gasteiger partial charge in [0, 0.05) is 10.2 Å². The van der Waals surface area contributed by atoms with Gasteiger partial charge in [0.05, 0.1) is 5.69 Å². The summed E-state index contributed by atoms with van der Waals surface area (Å²) in [6, 6.07) is 16.4. The fraction of sp³-hybridized carbons (Fsp3) is 0.133. The van der Waals surface area contributed by atoms with Crippen LogP contribution in [0.2, 0.25) is 0 Å². The van der Waals surface area contributed by atoms with E-state index in [0.29, 0.717) is 0 Å². The van der Waals surface area contributed by atoms with Crippen molar-refractivity contribution in [2.24, 2.45) is 0 Å². The molecule has 0 radical (unpaired) electrons. The maximum atomic E-state index is 4.10. The van der Waals surface area contributed by atoms with E-state index >= 15 is 0 Å². The highest BCUT2D eigenvalue weighted by Gasteiger charge is 2.09. The fourth-order valence-corrected chi connectivity index (χ4v) is 2.96. The molecule has 0 aliphatic carbocycles. The van der Waals surface area contributed by atoms with Gasteiger partial charge in [0.15, 0.2) is 0 Å². The van der Waals surface area contributed by atoms with E-state index in [1.807, 2.05) is 24.3 Å². The molecule has 3 aromatic rings. The number of aromatic nitrogens is 4. The number of hydrogen-bond acceptors (Lipinski definition) is 4. The van der Waals surface area contributed by atoms with Gasteiger partial charge in [-0.05, 0) is 47.2 Å². The molecule has 6 heteroatoms. The van der Waals surface area contributed by atoms with Crippen molar-refractivity contribution in [2.75, 3.05) is 0 Å². The number of thioether (sulfide) groups is 1. The number of halogens is 1. The summed E-state index contributed by atoms with van der Waals surface area (Å²) < 4.78 is 2.85. The van der Waals surface area contributed by atoms with E-state index in [1.165, 1.54) is 11.1 Å². The van der Waals surface area contributed by atoms with Crippen molar-refractivity contribution in [3.8, 4) is 5.69 Å². The summed E-state index contributed by atoms with van der Waals surface area (Å²) in [5.41, 5.74) is 3.43. The van der Waals surface area contributed by atoms with Crippen molar-refractivity contribution >= 4 is 27.7 Å². The molecular formula is C15H13BrN4S. The molecule has 0 amide bonds. The predicted octanol–water partition coefficient (Wildman–Crippen LogP) is 4.03. The third kappa shape index (κ3) is 3.51. The van der Waals surface area contributed by atoms with Crippen LogP contribution in [0.5, 0.6) is 0 Å². The summed E-state index contributed by atoms with van der Waals surface area (Å²) >= 11 is 5.06. The third-order valence-corrected chi connectivity index (χ3v) is 4.52. The zero-order valence-corrected chi connectivity index (χ0v) is 13.8. The molecule has 4 nitrogen and oxygen atoms in total. The van der Waals surface area contributed by atoms with Crippen LogP contribution in [0.1, 0.15) is 11.1 Å². The Kier molecular flexibility index (Phi) is 4.36. The molecule has 0 aliphatic rings. The minimum absolute atomic E-state index is 0.793. The molecule has 2 aromatic carbocycles. The van der Waals surface area contributed by atoms with E-state index in [0.717, 1.165) is 21.1 Å². The molecule has 3 rings (SSSR count). The van der Waals surface area contributed by atoms with Gasteiger partial charge < -0.3 is 0 Å². The van der Waals surface area contributed by atoms with Gasteiger partial charge >= 0.3 is 0 Å². The van der Waals surface area contributed by atoms with Crippen LogP contribution in [0.4, 0.5) is 0 Å². The summed E-state index contributed by atoms with van der Waals surface area (Å²) in [5.74, 6) is 0.833. The Labute approximate surface area is 135 Å². The van der Waals surface area contributed by atoms with Crippen LogP contribution in [0, 0.1) is 6.92 Å². The third-order valence-electron chi connectivity index (χ3n) is 3.00. The van der Waals surface area contributed by atoms with E-state index in [-0.39, 0.29) is 0 Å². The van der Waals surface area contributed by atoms with Crippen molar-refractivity contribution in [3.05, 3.63) is 64.1 Å². The van der Waals surface area contributed by atoms with Crippen molar-refractivity contribution in [1.82, 2.24) is 20.2 Å². The fourth-order valence-electron chi connectivity index (χ4n) is 1.85. The second kappa shape index (κ2) is 6.41. The zero-order chi connectivity index (χ0) is 14.7. The first kappa shape index (κ1) is 14.3. The minimum Gasteiger partial charge on any atom is -0.188 e. The predicted molar refractivity (Wildman–Crippen MR) is 87.6 cm³/mol. The van der Waals surface area contributed by atoms with Crippen LogP contribution >= 0.6 is 27.7 Å². The lowest BCUT2D eigenvalue weighted by molar-refractivity contribution is 0.756. The van der Waals surface area contributed by atoms with E-state index in [1.54, 1.807) is 16.4 Å². The number of hydrogen-bond donors (Lipinski definition) is 0. The van der Waals surface area contributed by atoms with Crippen molar-refractivity contribution in [3.63, 3.8) is 0 Å². The van der Waals surface area contributed by atoms with Crippen molar-refractivity contribution < 1.29 is 0 Å². The monoisotopic (exact) mass is 360 g/mol. The van der Waals surface area contributed by atoms with Crippen LogP contribution in [-0.2, 0) is 5.75 Å². The first-order chi connectivity index (χ1) is 10.2. The Hall–Kier alpha value is -1.66. The molecule has 1 heterocycles. The highest BCUT2D eigenvalue weighted by molar-refractivity contribution is 9.10. The van der Waals surface area contributed by atoms with E-state index < -0.39 is 0 Å². The van der Waals surface area contributed by atoms with Crippen molar-refractivity contribution in [1.29, 1.82) is 0 Å². The molecule has 1 aromatic heterocycles. The SMILES string of the molecule is Cc1ccc(-n2nnnc2SCc2ccc(Br)cc2)cc1. The Morgan fingerprint density at radius 2 is 1.76 bits per heavy atom. The number of benzene rings is 2. The van der Waals surface area contributed by atoms with Gasteiger partial charge in [0.25, 0.3) is 0 Å². The molecule has 0 spiro atoms. The van der Waals surface area contributed by atoms with Gasteiger partial charge in [-0.25, -0.2) is 0 Å². The van der Waals surface area contributed by atoms with Gasteiger partial charge in [-0.2, -0.15) is 4.68 Å². The summed E-state index contributed by atoms with van der Waals surface area (Å²) in [5, 5.41) is 12.7. The second-order valence-electron chi connectivity index (χ2n) is 4.62. The Bertz CT molecular complexity index is 722. The molecular weight excluding hydrogens is 348 g/mol. The van der Waals surface area contributed by atoms with E-state index in [4.69, 9.17) is 0 Å². The average Bonchev–Trinajstić information content (AvgIpc) is 2.96. The molecule has 0 saturated carbocycles. The van der Waals surface area contributed by atoms with Gasteiger partial charge in [0.1, 0.15) is 0 Å². The average molecular weight is 361 g/mol. The topological polar surface area (TPSA) is 43.6 Å². The largest absolute Gasteiger partial charge is 0.214 e. The molecule has 0 atom stereocenters. The van der Waals surface area contributed by atoms with Crippen LogP contribution in [0.15, 0.2) is 58.2 Å². The van der Waals surface area contributed by atoms with E-state index in [9.17, 15) is 0 Å². The van der Waals surface area contributed by atoms with Crippen LogP contribution in [0.3, 0.4) is 0 Å². The molecule has 0 fully saturated rings. The molecule has 21 heavy (non-hydrogen) atoms. The normalized spacial score (nSPS) is 10.8. The molecule has 0 saturated heterocycles. The maximum absolute atomic E-state index is 4.10. The molecule has 0 bridgehead atoms. The summed E-state index contributed by atoms with van der Waals surface area (Å²) in [4.78, 5) is 0. The van der Waals surface area contributed by atoms with Gasteiger partial charge in [-0.1, -0.05) is 57.5 Å². The number of aryl methyl sites for hydroxylation is 1. The summed E-state index contributed by atoms with van der Waals surface area (Å²) in [6.07, 6.45) is 0. The quantitative estimate of drug-likeness (QED) is 0.659. The maximum Gasteiger partial charge on any atom is 0.214 e. The first-order valence-corrected chi connectivity index (χ1v) is 8.23. The molecule has 106 valence electrons. The molecule has 0 aliphatic heterocycles. The summed E-state index contributed by atoms with van der Waals surface area (Å²) in [7, 11) is 0. The van der Waals surface area contributed by atoms with Gasteiger partial charge in [-0.3, -0.25) is 0 Å². The molecule has 0 N–H and O–H groups in total.